The smallest absolute Gasteiger partial charge is 0.0322 e. The number of nitrogens with one attached hydrogen (secondary N) is 2. The summed E-state index contributed by atoms with van der Waals surface area (Å²) in [4.78, 5) is 0. The van der Waals surface area contributed by atoms with Gasteiger partial charge >= 0.3 is 0 Å². The van der Waals surface area contributed by atoms with Crippen molar-refractivity contribution < 1.29 is 0 Å². The van der Waals surface area contributed by atoms with E-state index in [0.29, 0.717) is 6.04 Å². The molecule has 1 aliphatic heterocycles. The van der Waals surface area contributed by atoms with Crippen LogP contribution in [0.25, 0.3) is 0 Å². The van der Waals surface area contributed by atoms with E-state index in [0.717, 1.165) is 5.92 Å². The molecule has 2 nitrogen and oxygen atoms in total. The van der Waals surface area contributed by atoms with Gasteiger partial charge in [0.05, 0.1) is 0 Å². The lowest BCUT2D eigenvalue weighted by atomic mass is 9.85. The zero-order chi connectivity index (χ0) is 13.8. The molecular formula is C17H28N2. The molecule has 106 valence electrons. The maximum atomic E-state index is 3.53. The highest BCUT2D eigenvalue weighted by molar-refractivity contribution is 5.40. The maximum Gasteiger partial charge on any atom is 0.0322 e. The van der Waals surface area contributed by atoms with Gasteiger partial charge in [0.2, 0.25) is 0 Å². The molecule has 0 amide bonds. The summed E-state index contributed by atoms with van der Waals surface area (Å²) in [6.45, 7) is 9.09. The Morgan fingerprint density at radius 1 is 1.16 bits per heavy atom. The molecule has 1 aromatic rings. The lowest BCUT2D eigenvalue weighted by molar-refractivity contribution is 0.318. The molecule has 1 atom stereocenters. The van der Waals surface area contributed by atoms with Crippen molar-refractivity contribution >= 4 is 0 Å². The van der Waals surface area contributed by atoms with Crippen molar-refractivity contribution in [3.8, 4) is 0 Å². The second-order valence-electron chi connectivity index (χ2n) is 5.99. The van der Waals surface area contributed by atoms with Gasteiger partial charge in [-0.15, -0.1) is 0 Å². The van der Waals surface area contributed by atoms with E-state index in [4.69, 9.17) is 0 Å². The van der Waals surface area contributed by atoms with Crippen LogP contribution in [0, 0.1) is 26.7 Å². The fourth-order valence-corrected chi connectivity index (χ4v) is 3.21. The van der Waals surface area contributed by atoms with Crippen molar-refractivity contribution in [2.24, 2.45) is 5.92 Å². The third-order valence-electron chi connectivity index (χ3n) is 4.85. The zero-order valence-electron chi connectivity index (χ0n) is 12.8. The normalized spacial score (nSPS) is 18.5. The van der Waals surface area contributed by atoms with Crippen LogP contribution in [-0.4, -0.2) is 20.1 Å². The first-order valence-corrected chi connectivity index (χ1v) is 7.58. The fourth-order valence-electron chi connectivity index (χ4n) is 3.21. The van der Waals surface area contributed by atoms with Crippen molar-refractivity contribution in [1.82, 2.24) is 10.6 Å². The summed E-state index contributed by atoms with van der Waals surface area (Å²) >= 11 is 0. The van der Waals surface area contributed by atoms with E-state index < -0.39 is 0 Å². The Morgan fingerprint density at radius 3 is 2.47 bits per heavy atom. The average Bonchev–Trinajstić information content (AvgIpc) is 2.44. The summed E-state index contributed by atoms with van der Waals surface area (Å²) in [6, 6.07) is 5.09. The molecule has 1 fully saturated rings. The van der Waals surface area contributed by atoms with Gasteiger partial charge in [0, 0.05) is 6.04 Å². The molecular weight excluding hydrogens is 232 g/mol. The minimum atomic E-state index is 0.502. The predicted molar refractivity (Wildman–Crippen MR) is 82.7 cm³/mol. The van der Waals surface area contributed by atoms with Crippen LogP contribution in [0.15, 0.2) is 12.1 Å². The van der Waals surface area contributed by atoms with E-state index in [1.807, 2.05) is 0 Å². The summed E-state index contributed by atoms with van der Waals surface area (Å²) in [5, 5.41) is 6.99. The van der Waals surface area contributed by atoms with E-state index in [-0.39, 0.29) is 0 Å². The summed E-state index contributed by atoms with van der Waals surface area (Å²) in [6.07, 6.45) is 3.91. The first-order valence-electron chi connectivity index (χ1n) is 7.58. The predicted octanol–water partition coefficient (Wildman–Crippen LogP) is 3.26. The molecule has 1 unspecified atom stereocenters. The van der Waals surface area contributed by atoms with Gasteiger partial charge in [0.1, 0.15) is 0 Å². The molecule has 0 bridgehead atoms. The summed E-state index contributed by atoms with van der Waals surface area (Å²) in [7, 11) is 2.10. The molecule has 19 heavy (non-hydrogen) atoms. The Kier molecular flexibility index (Phi) is 5.00. The number of piperidine rings is 1. The van der Waals surface area contributed by atoms with Gasteiger partial charge in [-0.3, -0.25) is 0 Å². The van der Waals surface area contributed by atoms with Gasteiger partial charge in [-0.1, -0.05) is 12.1 Å². The van der Waals surface area contributed by atoms with E-state index in [9.17, 15) is 0 Å². The molecule has 2 N–H and O–H groups in total. The Labute approximate surface area is 118 Å². The zero-order valence-corrected chi connectivity index (χ0v) is 12.8. The molecule has 1 aliphatic rings. The molecule has 1 saturated heterocycles. The van der Waals surface area contributed by atoms with Crippen LogP contribution >= 0.6 is 0 Å². The maximum absolute atomic E-state index is 3.53. The SMILES string of the molecule is CNC(CC1CCNCC1)c1ccc(C)c(C)c1C. The first kappa shape index (κ1) is 14.5. The minimum absolute atomic E-state index is 0.502. The van der Waals surface area contributed by atoms with E-state index >= 15 is 0 Å². The Balaban J connectivity index is 2.14. The van der Waals surface area contributed by atoms with Crippen molar-refractivity contribution in [3.05, 3.63) is 34.4 Å². The average molecular weight is 260 g/mol. The van der Waals surface area contributed by atoms with Gasteiger partial charge in [0.25, 0.3) is 0 Å². The van der Waals surface area contributed by atoms with Crippen LogP contribution in [0.1, 0.15) is 47.6 Å². The lowest BCUT2D eigenvalue weighted by Gasteiger charge is -2.28. The number of aryl methyl sites for hydroxylation is 1. The van der Waals surface area contributed by atoms with Crippen LogP contribution < -0.4 is 10.6 Å². The van der Waals surface area contributed by atoms with Gasteiger partial charge in [-0.05, 0) is 88.3 Å². The Bertz CT molecular complexity index is 420. The van der Waals surface area contributed by atoms with Crippen molar-refractivity contribution in [3.63, 3.8) is 0 Å². The van der Waals surface area contributed by atoms with Crippen molar-refractivity contribution in [2.45, 2.75) is 46.1 Å². The van der Waals surface area contributed by atoms with Crippen LogP contribution in [-0.2, 0) is 0 Å². The largest absolute Gasteiger partial charge is 0.317 e. The highest BCUT2D eigenvalue weighted by Crippen LogP contribution is 2.30. The van der Waals surface area contributed by atoms with Crippen LogP contribution in [0.3, 0.4) is 0 Å². The minimum Gasteiger partial charge on any atom is -0.317 e. The highest BCUT2D eigenvalue weighted by atomic mass is 14.9. The third kappa shape index (κ3) is 3.37. The molecule has 0 spiro atoms. The lowest BCUT2D eigenvalue weighted by Crippen LogP contribution is -2.30. The Hall–Kier alpha value is -0.860. The molecule has 0 radical (unpaired) electrons. The van der Waals surface area contributed by atoms with Crippen LogP contribution in [0.4, 0.5) is 0 Å². The van der Waals surface area contributed by atoms with Gasteiger partial charge < -0.3 is 10.6 Å². The monoisotopic (exact) mass is 260 g/mol. The Morgan fingerprint density at radius 2 is 1.84 bits per heavy atom. The number of rotatable bonds is 4. The van der Waals surface area contributed by atoms with E-state index in [1.54, 1.807) is 0 Å². The summed E-state index contributed by atoms with van der Waals surface area (Å²) in [5.41, 5.74) is 5.80. The van der Waals surface area contributed by atoms with E-state index in [1.165, 1.54) is 54.6 Å². The molecule has 2 heteroatoms. The van der Waals surface area contributed by atoms with Gasteiger partial charge in [-0.25, -0.2) is 0 Å². The van der Waals surface area contributed by atoms with Gasteiger partial charge in [-0.2, -0.15) is 0 Å². The molecule has 2 rings (SSSR count). The first-order chi connectivity index (χ1) is 9.13. The van der Waals surface area contributed by atoms with E-state index in [2.05, 4.69) is 50.6 Å². The van der Waals surface area contributed by atoms with Gasteiger partial charge in [0.15, 0.2) is 0 Å². The number of benzene rings is 1. The van der Waals surface area contributed by atoms with Crippen LogP contribution in [0.5, 0.6) is 0 Å². The molecule has 1 aromatic carbocycles. The molecule has 1 heterocycles. The second kappa shape index (κ2) is 6.53. The quantitative estimate of drug-likeness (QED) is 0.868. The standard InChI is InChI=1S/C17H28N2/c1-12-5-6-16(14(3)13(12)2)17(18-4)11-15-7-9-19-10-8-15/h5-6,15,17-19H,7-11H2,1-4H3. The molecule has 0 saturated carbocycles. The fraction of sp³-hybridized carbons (Fsp3) is 0.647. The topological polar surface area (TPSA) is 24.1 Å². The summed E-state index contributed by atoms with van der Waals surface area (Å²) < 4.78 is 0. The summed E-state index contributed by atoms with van der Waals surface area (Å²) in [5.74, 6) is 0.861. The number of hydrogen-bond acceptors (Lipinski definition) is 2. The molecule has 0 aliphatic carbocycles. The highest BCUT2D eigenvalue weighted by Gasteiger charge is 2.20. The van der Waals surface area contributed by atoms with Crippen molar-refractivity contribution in [1.29, 1.82) is 0 Å². The van der Waals surface area contributed by atoms with Crippen molar-refractivity contribution in [2.75, 3.05) is 20.1 Å². The third-order valence-corrected chi connectivity index (χ3v) is 4.85. The molecule has 0 aromatic heterocycles. The second-order valence-corrected chi connectivity index (χ2v) is 5.99. The number of hydrogen-bond donors (Lipinski definition) is 2. The van der Waals surface area contributed by atoms with Crippen LogP contribution in [0.2, 0.25) is 0 Å².